The van der Waals surface area contributed by atoms with Crippen LogP contribution in [0.4, 0.5) is 11.4 Å². The highest BCUT2D eigenvalue weighted by atomic mass is 16.2. The van der Waals surface area contributed by atoms with Crippen molar-refractivity contribution in [2.45, 2.75) is 13.5 Å². The lowest BCUT2D eigenvalue weighted by Gasteiger charge is -2.24. The largest absolute Gasteiger partial charge is 0.358 e. The number of hydrogen-bond donors (Lipinski definition) is 1. The highest BCUT2D eigenvalue weighted by Gasteiger charge is 2.13. The zero-order chi connectivity index (χ0) is 17.5. The Bertz CT molecular complexity index is 816. The van der Waals surface area contributed by atoms with Crippen LogP contribution in [0.5, 0.6) is 0 Å². The maximum atomic E-state index is 12.6. The number of carbonyl (C=O) groups excluding carboxylic acids is 1. The van der Waals surface area contributed by atoms with Crippen LogP contribution >= 0.6 is 0 Å². The Balaban J connectivity index is 1.75. The second-order valence-corrected chi connectivity index (χ2v) is 6.04. The maximum absolute atomic E-state index is 12.6. The SMILES string of the molecule is Cc1ccccc1NC(=O)CN(Cc1ccccc1)c1ccccc1. The predicted molar refractivity (Wildman–Crippen MR) is 104 cm³/mol. The van der Waals surface area contributed by atoms with Gasteiger partial charge in [0.25, 0.3) is 0 Å². The van der Waals surface area contributed by atoms with Gasteiger partial charge in [0.05, 0.1) is 6.54 Å². The summed E-state index contributed by atoms with van der Waals surface area (Å²) in [6.45, 7) is 2.98. The molecule has 0 aromatic heterocycles. The molecule has 0 unspecified atom stereocenters. The van der Waals surface area contributed by atoms with Gasteiger partial charge in [-0.1, -0.05) is 66.7 Å². The number of hydrogen-bond acceptors (Lipinski definition) is 2. The minimum absolute atomic E-state index is 0.0194. The normalized spacial score (nSPS) is 10.3. The van der Waals surface area contributed by atoms with Gasteiger partial charge in [-0.05, 0) is 36.2 Å². The van der Waals surface area contributed by atoms with Crippen molar-refractivity contribution in [2.24, 2.45) is 0 Å². The Hall–Kier alpha value is -3.07. The van der Waals surface area contributed by atoms with Crippen LogP contribution in [-0.2, 0) is 11.3 Å². The standard InChI is InChI=1S/C22H22N2O/c1-18-10-8-9-15-21(18)23-22(25)17-24(20-13-6-3-7-14-20)16-19-11-4-2-5-12-19/h2-15H,16-17H2,1H3,(H,23,25). The second-order valence-electron chi connectivity index (χ2n) is 6.04. The summed E-state index contributed by atoms with van der Waals surface area (Å²) in [4.78, 5) is 14.7. The molecule has 3 heteroatoms. The van der Waals surface area contributed by atoms with Gasteiger partial charge in [0.2, 0.25) is 5.91 Å². The Morgan fingerprint density at radius 2 is 1.44 bits per heavy atom. The molecule has 0 aliphatic heterocycles. The number of rotatable bonds is 6. The lowest BCUT2D eigenvalue weighted by Crippen LogP contribution is -2.33. The van der Waals surface area contributed by atoms with E-state index < -0.39 is 0 Å². The minimum Gasteiger partial charge on any atom is -0.358 e. The summed E-state index contributed by atoms with van der Waals surface area (Å²) in [6.07, 6.45) is 0. The fourth-order valence-electron chi connectivity index (χ4n) is 2.76. The average Bonchev–Trinajstić information content (AvgIpc) is 2.65. The maximum Gasteiger partial charge on any atom is 0.243 e. The summed E-state index contributed by atoms with van der Waals surface area (Å²) in [5, 5.41) is 3.02. The van der Waals surface area contributed by atoms with Crippen molar-refractivity contribution in [2.75, 3.05) is 16.8 Å². The second kappa shape index (κ2) is 8.15. The molecule has 3 nitrogen and oxygen atoms in total. The summed E-state index contributed by atoms with van der Waals surface area (Å²) in [5.74, 6) is -0.0194. The topological polar surface area (TPSA) is 32.3 Å². The molecule has 0 atom stereocenters. The summed E-state index contributed by atoms with van der Waals surface area (Å²) < 4.78 is 0. The molecule has 3 aromatic carbocycles. The zero-order valence-corrected chi connectivity index (χ0v) is 14.4. The van der Waals surface area contributed by atoms with E-state index in [1.807, 2.05) is 79.7 Å². The van der Waals surface area contributed by atoms with Gasteiger partial charge in [-0.15, -0.1) is 0 Å². The Morgan fingerprint density at radius 1 is 0.840 bits per heavy atom. The molecular weight excluding hydrogens is 308 g/mol. The van der Waals surface area contributed by atoms with Crippen molar-refractivity contribution in [1.82, 2.24) is 0 Å². The number of benzene rings is 3. The van der Waals surface area contributed by atoms with Crippen molar-refractivity contribution in [3.05, 3.63) is 96.1 Å². The van der Waals surface area contributed by atoms with Gasteiger partial charge < -0.3 is 10.2 Å². The molecule has 0 spiro atoms. The number of aryl methyl sites for hydroxylation is 1. The molecule has 1 amide bonds. The minimum atomic E-state index is -0.0194. The molecule has 126 valence electrons. The van der Waals surface area contributed by atoms with Crippen LogP contribution in [0.2, 0.25) is 0 Å². The van der Waals surface area contributed by atoms with Crippen molar-refractivity contribution >= 4 is 17.3 Å². The van der Waals surface area contributed by atoms with Crippen LogP contribution in [0, 0.1) is 6.92 Å². The molecule has 0 heterocycles. The third-order valence-corrected chi connectivity index (χ3v) is 4.09. The molecule has 0 saturated heterocycles. The van der Waals surface area contributed by atoms with E-state index in [-0.39, 0.29) is 5.91 Å². The van der Waals surface area contributed by atoms with E-state index >= 15 is 0 Å². The first-order chi connectivity index (χ1) is 12.2. The van der Waals surface area contributed by atoms with Gasteiger partial charge in [0, 0.05) is 17.9 Å². The van der Waals surface area contributed by atoms with Crippen molar-refractivity contribution in [1.29, 1.82) is 0 Å². The number of carbonyl (C=O) groups is 1. The monoisotopic (exact) mass is 330 g/mol. The molecule has 0 saturated carbocycles. The molecule has 0 radical (unpaired) electrons. The Labute approximate surface area is 148 Å². The number of anilines is 2. The van der Waals surface area contributed by atoms with Gasteiger partial charge in [-0.25, -0.2) is 0 Å². The van der Waals surface area contributed by atoms with Crippen molar-refractivity contribution < 1.29 is 4.79 Å². The quantitative estimate of drug-likeness (QED) is 0.714. The van der Waals surface area contributed by atoms with Crippen LogP contribution in [0.1, 0.15) is 11.1 Å². The third kappa shape index (κ3) is 4.70. The van der Waals surface area contributed by atoms with E-state index in [4.69, 9.17) is 0 Å². The van der Waals surface area contributed by atoms with Gasteiger partial charge in [-0.2, -0.15) is 0 Å². The van der Waals surface area contributed by atoms with E-state index in [9.17, 15) is 4.79 Å². The lowest BCUT2D eigenvalue weighted by molar-refractivity contribution is -0.115. The highest BCUT2D eigenvalue weighted by Crippen LogP contribution is 2.18. The van der Waals surface area contributed by atoms with E-state index in [1.54, 1.807) is 0 Å². The van der Waals surface area contributed by atoms with Gasteiger partial charge >= 0.3 is 0 Å². The first kappa shape index (κ1) is 16.8. The number of amides is 1. The van der Waals surface area contributed by atoms with Crippen LogP contribution < -0.4 is 10.2 Å². The van der Waals surface area contributed by atoms with Gasteiger partial charge in [0.15, 0.2) is 0 Å². The first-order valence-corrected chi connectivity index (χ1v) is 8.42. The number of para-hydroxylation sites is 2. The zero-order valence-electron chi connectivity index (χ0n) is 14.4. The first-order valence-electron chi connectivity index (χ1n) is 8.42. The molecule has 0 aliphatic rings. The fraction of sp³-hybridized carbons (Fsp3) is 0.136. The lowest BCUT2D eigenvalue weighted by atomic mass is 10.2. The van der Waals surface area contributed by atoms with Gasteiger partial charge in [0.1, 0.15) is 0 Å². The summed E-state index contributed by atoms with van der Waals surface area (Å²) >= 11 is 0. The number of nitrogens with one attached hydrogen (secondary N) is 1. The van der Waals surface area contributed by atoms with Crippen LogP contribution in [0.15, 0.2) is 84.9 Å². The van der Waals surface area contributed by atoms with E-state index in [0.29, 0.717) is 13.1 Å². The van der Waals surface area contributed by atoms with Crippen molar-refractivity contribution in [3.63, 3.8) is 0 Å². The average molecular weight is 330 g/mol. The van der Waals surface area contributed by atoms with E-state index in [0.717, 1.165) is 16.9 Å². The molecule has 0 fully saturated rings. The highest BCUT2D eigenvalue weighted by molar-refractivity contribution is 5.94. The van der Waals surface area contributed by atoms with E-state index in [2.05, 4.69) is 22.3 Å². The molecule has 1 N–H and O–H groups in total. The van der Waals surface area contributed by atoms with Crippen LogP contribution in [0.3, 0.4) is 0 Å². The molecule has 25 heavy (non-hydrogen) atoms. The molecule has 0 aliphatic carbocycles. The van der Waals surface area contributed by atoms with Crippen LogP contribution in [-0.4, -0.2) is 12.5 Å². The summed E-state index contributed by atoms with van der Waals surface area (Å²) in [5.41, 5.74) is 4.13. The smallest absolute Gasteiger partial charge is 0.243 e. The predicted octanol–water partition coefficient (Wildman–Crippen LogP) is 4.64. The molecule has 3 rings (SSSR count). The van der Waals surface area contributed by atoms with Gasteiger partial charge in [-0.3, -0.25) is 4.79 Å². The Kier molecular flexibility index (Phi) is 5.47. The van der Waals surface area contributed by atoms with E-state index in [1.165, 1.54) is 5.56 Å². The molecule has 0 bridgehead atoms. The number of nitrogens with zero attached hydrogens (tertiary/aromatic N) is 1. The summed E-state index contributed by atoms with van der Waals surface area (Å²) in [7, 11) is 0. The molecular formula is C22H22N2O. The molecule has 3 aromatic rings. The third-order valence-electron chi connectivity index (χ3n) is 4.09. The fourth-order valence-corrected chi connectivity index (χ4v) is 2.76. The summed E-state index contributed by atoms with van der Waals surface area (Å²) in [6, 6.07) is 28.1. The van der Waals surface area contributed by atoms with Crippen molar-refractivity contribution in [3.8, 4) is 0 Å². The Morgan fingerprint density at radius 3 is 2.12 bits per heavy atom. The van der Waals surface area contributed by atoms with Crippen LogP contribution in [0.25, 0.3) is 0 Å².